The molecule has 5 nitrogen and oxygen atoms in total. The van der Waals surface area contributed by atoms with E-state index in [1.807, 2.05) is 6.92 Å². The topological polar surface area (TPSA) is 64.0 Å². The van der Waals surface area contributed by atoms with Gasteiger partial charge in [-0.25, -0.2) is 13.1 Å². The molecule has 1 unspecified atom stereocenters. The molecule has 0 aliphatic carbocycles. The minimum Gasteiger partial charge on any atom is -0.256 e. The van der Waals surface area contributed by atoms with Gasteiger partial charge < -0.3 is 0 Å². The van der Waals surface area contributed by atoms with Crippen molar-refractivity contribution in [3.8, 4) is 0 Å². The average Bonchev–Trinajstić information content (AvgIpc) is 2.61. The Hall–Kier alpha value is -0.400. The molecule has 0 saturated heterocycles. The van der Waals surface area contributed by atoms with E-state index in [1.165, 1.54) is 16.9 Å². The van der Waals surface area contributed by atoms with Gasteiger partial charge in [0.1, 0.15) is 0 Å². The van der Waals surface area contributed by atoms with Gasteiger partial charge in [-0.05, 0) is 12.5 Å². The number of hydrogen-bond acceptors (Lipinski definition) is 3. The molecule has 0 spiro atoms. The first-order chi connectivity index (χ1) is 7.01. The minimum absolute atomic E-state index is 0.0927. The molecule has 86 valence electrons. The van der Waals surface area contributed by atoms with Crippen LogP contribution in [0.25, 0.3) is 0 Å². The molecule has 15 heavy (non-hydrogen) atoms. The van der Waals surface area contributed by atoms with Crippen molar-refractivity contribution in [2.24, 2.45) is 7.05 Å². The Kier molecular flexibility index (Phi) is 4.30. The van der Waals surface area contributed by atoms with E-state index in [0.717, 1.165) is 6.42 Å². The third kappa shape index (κ3) is 3.02. The number of halogens is 1. The maximum absolute atomic E-state index is 11.8. The van der Waals surface area contributed by atoms with Crippen LogP contribution in [0.4, 0.5) is 0 Å². The molecule has 0 radical (unpaired) electrons. The quantitative estimate of drug-likeness (QED) is 0.820. The van der Waals surface area contributed by atoms with Crippen molar-refractivity contribution in [2.75, 3.05) is 5.33 Å². The molecule has 0 aliphatic rings. The Morgan fingerprint density at radius 2 is 2.33 bits per heavy atom. The Balaban J connectivity index is 2.90. The van der Waals surface area contributed by atoms with E-state index in [1.54, 1.807) is 7.05 Å². The van der Waals surface area contributed by atoms with Gasteiger partial charge in [-0.1, -0.05) is 22.9 Å². The lowest BCUT2D eigenvalue weighted by Gasteiger charge is -2.13. The Morgan fingerprint density at radius 3 is 2.73 bits per heavy atom. The van der Waals surface area contributed by atoms with Crippen LogP contribution in [-0.4, -0.2) is 29.6 Å². The number of alkyl halides is 1. The van der Waals surface area contributed by atoms with Crippen LogP contribution >= 0.6 is 15.9 Å². The van der Waals surface area contributed by atoms with E-state index < -0.39 is 10.0 Å². The first kappa shape index (κ1) is 12.7. The highest BCUT2D eigenvalue weighted by Gasteiger charge is 2.20. The van der Waals surface area contributed by atoms with Crippen molar-refractivity contribution in [3.63, 3.8) is 0 Å². The zero-order valence-corrected chi connectivity index (χ0v) is 11.0. The van der Waals surface area contributed by atoms with Gasteiger partial charge >= 0.3 is 0 Å². The third-order valence-electron chi connectivity index (χ3n) is 2.05. The van der Waals surface area contributed by atoms with Crippen LogP contribution in [0.2, 0.25) is 0 Å². The Labute approximate surface area is 98.0 Å². The van der Waals surface area contributed by atoms with Gasteiger partial charge in [0.25, 0.3) is 10.0 Å². The zero-order valence-electron chi connectivity index (χ0n) is 8.64. The number of nitrogens with one attached hydrogen (secondary N) is 1. The van der Waals surface area contributed by atoms with Crippen molar-refractivity contribution in [2.45, 2.75) is 24.4 Å². The van der Waals surface area contributed by atoms with E-state index in [-0.39, 0.29) is 11.1 Å². The first-order valence-electron chi connectivity index (χ1n) is 4.57. The van der Waals surface area contributed by atoms with Crippen molar-refractivity contribution in [1.29, 1.82) is 0 Å². The summed E-state index contributed by atoms with van der Waals surface area (Å²) in [6.45, 7) is 1.93. The molecule has 1 N–H and O–H groups in total. The predicted molar refractivity (Wildman–Crippen MR) is 61.4 cm³/mol. The minimum atomic E-state index is -3.45. The lowest BCUT2D eigenvalue weighted by atomic mass is 10.3. The summed E-state index contributed by atoms with van der Waals surface area (Å²) in [5, 5.41) is 4.61. The number of hydrogen-bond donors (Lipinski definition) is 1. The molecule has 1 heterocycles. The number of nitrogens with zero attached hydrogens (tertiary/aromatic N) is 2. The van der Waals surface area contributed by atoms with Gasteiger partial charge in [0.2, 0.25) is 0 Å². The highest BCUT2D eigenvalue weighted by Crippen LogP contribution is 2.08. The highest BCUT2D eigenvalue weighted by molar-refractivity contribution is 9.09. The van der Waals surface area contributed by atoms with Gasteiger partial charge in [-0.15, -0.1) is 0 Å². The van der Waals surface area contributed by atoms with Gasteiger partial charge in [0.05, 0.1) is 6.20 Å². The molecule has 0 fully saturated rings. The third-order valence-corrected chi connectivity index (χ3v) is 4.43. The van der Waals surface area contributed by atoms with E-state index >= 15 is 0 Å². The van der Waals surface area contributed by atoms with Gasteiger partial charge in [-0.3, -0.25) is 4.68 Å². The molecule has 0 bridgehead atoms. The summed E-state index contributed by atoms with van der Waals surface area (Å²) in [6, 6.07) is 1.38. The average molecular weight is 296 g/mol. The summed E-state index contributed by atoms with van der Waals surface area (Å²) in [5.41, 5.74) is 0. The van der Waals surface area contributed by atoms with Crippen molar-refractivity contribution >= 4 is 26.0 Å². The summed E-state index contributed by atoms with van der Waals surface area (Å²) >= 11 is 3.26. The number of aromatic nitrogens is 2. The summed E-state index contributed by atoms with van der Waals surface area (Å²) in [4.78, 5) is 0. The van der Waals surface area contributed by atoms with Crippen LogP contribution in [0.3, 0.4) is 0 Å². The highest BCUT2D eigenvalue weighted by atomic mass is 79.9. The fraction of sp³-hybridized carbons (Fsp3) is 0.625. The summed E-state index contributed by atoms with van der Waals surface area (Å²) < 4.78 is 27.6. The van der Waals surface area contributed by atoms with Crippen molar-refractivity contribution in [3.05, 3.63) is 12.3 Å². The van der Waals surface area contributed by atoms with Gasteiger partial charge in [0, 0.05) is 18.4 Å². The second-order valence-electron chi connectivity index (χ2n) is 3.17. The van der Waals surface area contributed by atoms with E-state index in [4.69, 9.17) is 0 Å². The molecule has 0 aliphatic heterocycles. The zero-order chi connectivity index (χ0) is 11.5. The lowest BCUT2D eigenvalue weighted by molar-refractivity contribution is 0.543. The maximum Gasteiger partial charge on any atom is 0.257 e. The second kappa shape index (κ2) is 5.09. The molecule has 0 aromatic carbocycles. The monoisotopic (exact) mass is 295 g/mol. The Morgan fingerprint density at radius 1 is 1.67 bits per heavy atom. The van der Waals surface area contributed by atoms with E-state index in [2.05, 4.69) is 25.8 Å². The molecule has 1 atom stereocenters. The van der Waals surface area contributed by atoms with Crippen LogP contribution in [0.1, 0.15) is 13.3 Å². The molecule has 1 aromatic rings. The van der Waals surface area contributed by atoms with Gasteiger partial charge in [-0.2, -0.15) is 5.10 Å². The van der Waals surface area contributed by atoms with Crippen molar-refractivity contribution < 1.29 is 8.42 Å². The lowest BCUT2D eigenvalue weighted by Crippen LogP contribution is -2.36. The number of rotatable bonds is 5. The van der Waals surface area contributed by atoms with Crippen molar-refractivity contribution in [1.82, 2.24) is 14.5 Å². The standard InChI is InChI=1S/C8H14BrN3O2S/c1-3-7(6-9)11-15(13,14)8-4-5-10-12(8)2/h4-5,7,11H,3,6H2,1-2H3. The van der Waals surface area contributed by atoms with Crippen LogP contribution in [0.15, 0.2) is 17.3 Å². The molecule has 0 amide bonds. The molecular formula is C8H14BrN3O2S. The summed E-state index contributed by atoms with van der Waals surface area (Å²) in [7, 11) is -1.85. The molecule has 7 heteroatoms. The van der Waals surface area contributed by atoms with Crippen LogP contribution < -0.4 is 4.72 Å². The fourth-order valence-corrected chi connectivity index (χ4v) is 3.41. The largest absolute Gasteiger partial charge is 0.257 e. The smallest absolute Gasteiger partial charge is 0.256 e. The normalized spacial score (nSPS) is 14.1. The van der Waals surface area contributed by atoms with Crippen LogP contribution in [-0.2, 0) is 17.1 Å². The number of sulfonamides is 1. The molecular weight excluding hydrogens is 282 g/mol. The SMILES string of the molecule is CCC(CBr)NS(=O)(=O)c1ccnn1C. The summed E-state index contributed by atoms with van der Waals surface area (Å²) in [5.74, 6) is 0. The van der Waals surface area contributed by atoms with Crippen LogP contribution in [0.5, 0.6) is 0 Å². The second-order valence-corrected chi connectivity index (χ2v) is 5.48. The first-order valence-corrected chi connectivity index (χ1v) is 7.18. The van der Waals surface area contributed by atoms with E-state index in [0.29, 0.717) is 5.33 Å². The van der Waals surface area contributed by atoms with E-state index in [9.17, 15) is 8.42 Å². The predicted octanol–water partition coefficient (Wildman–Crippen LogP) is 0.872. The maximum atomic E-state index is 11.8. The van der Waals surface area contributed by atoms with Crippen LogP contribution in [0, 0.1) is 0 Å². The molecule has 1 aromatic heterocycles. The summed E-state index contributed by atoms with van der Waals surface area (Å²) in [6.07, 6.45) is 2.20. The Bertz CT molecular complexity index is 411. The fourth-order valence-electron chi connectivity index (χ4n) is 1.13. The molecule has 0 saturated carbocycles. The van der Waals surface area contributed by atoms with Gasteiger partial charge in [0.15, 0.2) is 5.03 Å². The number of aryl methyl sites for hydroxylation is 1. The molecule has 1 rings (SSSR count).